The van der Waals surface area contributed by atoms with Gasteiger partial charge in [-0.3, -0.25) is 9.59 Å². The van der Waals surface area contributed by atoms with Crippen LogP contribution in [0, 0.1) is 12.7 Å². The zero-order chi connectivity index (χ0) is 14.7. The van der Waals surface area contributed by atoms with Gasteiger partial charge in [-0.2, -0.15) is 0 Å². The predicted molar refractivity (Wildman–Crippen MR) is 70.8 cm³/mol. The first-order valence-electron chi connectivity index (χ1n) is 6.41. The maximum atomic E-state index is 13.7. The number of hydrogen-bond acceptors (Lipinski definition) is 3. The molecule has 1 aromatic rings. The van der Waals surface area contributed by atoms with E-state index in [0.29, 0.717) is 6.54 Å². The van der Waals surface area contributed by atoms with Gasteiger partial charge in [0, 0.05) is 13.6 Å². The molecule has 6 heteroatoms. The Bertz CT molecular complexity index is 533. The number of ether oxygens (including phenoxy) is 1. The van der Waals surface area contributed by atoms with Gasteiger partial charge in [-0.05, 0) is 19.1 Å². The SMILES string of the molecule is CNC(=O)C1CN(C(=O)c2cc(C)ccc2F)CCO1. The van der Waals surface area contributed by atoms with Crippen molar-refractivity contribution in [3.8, 4) is 0 Å². The Kier molecular flexibility index (Phi) is 4.34. The van der Waals surface area contributed by atoms with E-state index in [0.717, 1.165) is 5.56 Å². The third-order valence-electron chi connectivity index (χ3n) is 3.24. The highest BCUT2D eigenvalue weighted by molar-refractivity contribution is 5.95. The van der Waals surface area contributed by atoms with Crippen LogP contribution in [0.25, 0.3) is 0 Å². The summed E-state index contributed by atoms with van der Waals surface area (Å²) in [7, 11) is 1.51. The molecule has 1 atom stereocenters. The highest BCUT2D eigenvalue weighted by Gasteiger charge is 2.30. The van der Waals surface area contributed by atoms with Gasteiger partial charge in [-0.1, -0.05) is 11.6 Å². The van der Waals surface area contributed by atoms with Crippen molar-refractivity contribution in [2.24, 2.45) is 0 Å². The number of nitrogens with zero attached hydrogens (tertiary/aromatic N) is 1. The van der Waals surface area contributed by atoms with E-state index in [-0.39, 0.29) is 24.6 Å². The number of benzene rings is 1. The van der Waals surface area contributed by atoms with Crippen LogP contribution in [-0.2, 0) is 9.53 Å². The number of amides is 2. The molecule has 1 aliphatic rings. The number of rotatable bonds is 2. The number of aryl methyl sites for hydroxylation is 1. The van der Waals surface area contributed by atoms with Crippen LogP contribution >= 0.6 is 0 Å². The molecule has 1 N–H and O–H groups in total. The van der Waals surface area contributed by atoms with E-state index in [1.807, 2.05) is 0 Å². The minimum atomic E-state index is -0.703. The molecule has 1 saturated heterocycles. The second-order valence-corrected chi connectivity index (χ2v) is 4.71. The summed E-state index contributed by atoms with van der Waals surface area (Å²) in [6, 6.07) is 4.40. The quantitative estimate of drug-likeness (QED) is 0.868. The Balaban J connectivity index is 2.16. The molecule has 1 aliphatic heterocycles. The molecule has 1 aromatic carbocycles. The largest absolute Gasteiger partial charge is 0.365 e. The van der Waals surface area contributed by atoms with Crippen molar-refractivity contribution in [2.75, 3.05) is 26.7 Å². The Morgan fingerprint density at radius 2 is 2.20 bits per heavy atom. The second kappa shape index (κ2) is 6.00. The summed E-state index contributed by atoms with van der Waals surface area (Å²) in [6.45, 7) is 2.53. The number of carbonyl (C=O) groups is 2. The average Bonchev–Trinajstić information content (AvgIpc) is 2.48. The molecular weight excluding hydrogens is 263 g/mol. The van der Waals surface area contributed by atoms with Gasteiger partial charge in [-0.15, -0.1) is 0 Å². The summed E-state index contributed by atoms with van der Waals surface area (Å²) in [5.41, 5.74) is 0.841. The first-order valence-corrected chi connectivity index (χ1v) is 6.41. The van der Waals surface area contributed by atoms with Gasteiger partial charge < -0.3 is 15.0 Å². The van der Waals surface area contributed by atoms with Gasteiger partial charge >= 0.3 is 0 Å². The molecule has 2 rings (SSSR count). The van der Waals surface area contributed by atoms with Crippen LogP contribution in [0.15, 0.2) is 18.2 Å². The van der Waals surface area contributed by atoms with Crippen LogP contribution in [0.4, 0.5) is 4.39 Å². The smallest absolute Gasteiger partial charge is 0.257 e. The minimum absolute atomic E-state index is 0.0301. The van der Waals surface area contributed by atoms with Crippen LogP contribution in [0.5, 0.6) is 0 Å². The Morgan fingerprint density at radius 3 is 2.90 bits per heavy atom. The van der Waals surface area contributed by atoms with Crippen molar-refractivity contribution in [3.63, 3.8) is 0 Å². The van der Waals surface area contributed by atoms with Crippen LogP contribution in [-0.4, -0.2) is 49.6 Å². The van der Waals surface area contributed by atoms with Gasteiger partial charge in [0.1, 0.15) is 5.82 Å². The maximum absolute atomic E-state index is 13.7. The third-order valence-corrected chi connectivity index (χ3v) is 3.24. The van der Waals surface area contributed by atoms with E-state index in [1.54, 1.807) is 13.0 Å². The molecular formula is C14H17FN2O3. The lowest BCUT2D eigenvalue weighted by atomic mass is 10.1. The monoisotopic (exact) mass is 280 g/mol. The molecule has 0 aliphatic carbocycles. The molecule has 1 fully saturated rings. The van der Waals surface area contributed by atoms with E-state index >= 15 is 0 Å². The Morgan fingerprint density at radius 1 is 1.45 bits per heavy atom. The Hall–Kier alpha value is -1.95. The molecule has 2 amide bonds. The van der Waals surface area contributed by atoms with Crippen LogP contribution in [0.3, 0.4) is 0 Å². The first-order chi connectivity index (χ1) is 9.52. The number of likely N-dealkylation sites (N-methyl/N-ethyl adjacent to an activating group) is 1. The lowest BCUT2D eigenvalue weighted by Crippen LogP contribution is -2.51. The van der Waals surface area contributed by atoms with Crippen molar-refractivity contribution in [1.29, 1.82) is 0 Å². The van der Waals surface area contributed by atoms with Crippen LogP contribution < -0.4 is 5.32 Å². The average molecular weight is 280 g/mol. The summed E-state index contributed by atoms with van der Waals surface area (Å²) in [6.07, 6.45) is -0.703. The van der Waals surface area contributed by atoms with E-state index in [1.165, 1.54) is 24.1 Å². The van der Waals surface area contributed by atoms with Crippen molar-refractivity contribution in [1.82, 2.24) is 10.2 Å². The molecule has 0 radical (unpaired) electrons. The molecule has 1 heterocycles. The van der Waals surface area contributed by atoms with E-state index in [2.05, 4.69) is 5.32 Å². The summed E-state index contributed by atoms with van der Waals surface area (Å²) in [5.74, 6) is -1.25. The Labute approximate surface area is 116 Å². The highest BCUT2D eigenvalue weighted by atomic mass is 19.1. The van der Waals surface area contributed by atoms with E-state index in [4.69, 9.17) is 4.74 Å². The second-order valence-electron chi connectivity index (χ2n) is 4.71. The van der Waals surface area contributed by atoms with Crippen LogP contribution in [0.1, 0.15) is 15.9 Å². The summed E-state index contributed by atoms with van der Waals surface area (Å²) in [4.78, 5) is 25.3. The van der Waals surface area contributed by atoms with Crippen molar-refractivity contribution in [3.05, 3.63) is 35.1 Å². The number of hydrogen-bond donors (Lipinski definition) is 1. The lowest BCUT2D eigenvalue weighted by Gasteiger charge is -2.32. The molecule has 0 aromatic heterocycles. The van der Waals surface area contributed by atoms with Gasteiger partial charge in [-0.25, -0.2) is 4.39 Å². The number of halogens is 1. The minimum Gasteiger partial charge on any atom is -0.365 e. The summed E-state index contributed by atoms with van der Waals surface area (Å²) < 4.78 is 19.0. The number of nitrogens with one attached hydrogen (secondary N) is 1. The molecule has 20 heavy (non-hydrogen) atoms. The summed E-state index contributed by atoms with van der Waals surface area (Å²) in [5, 5.41) is 2.48. The lowest BCUT2D eigenvalue weighted by molar-refractivity contribution is -0.136. The molecule has 0 spiro atoms. The third kappa shape index (κ3) is 2.96. The van der Waals surface area contributed by atoms with Crippen molar-refractivity contribution >= 4 is 11.8 Å². The fourth-order valence-corrected chi connectivity index (χ4v) is 2.13. The van der Waals surface area contributed by atoms with Gasteiger partial charge in [0.25, 0.3) is 11.8 Å². The topological polar surface area (TPSA) is 58.6 Å². The predicted octanol–water partition coefficient (Wildman–Crippen LogP) is 0.721. The van der Waals surface area contributed by atoms with Crippen LogP contribution in [0.2, 0.25) is 0 Å². The fraction of sp³-hybridized carbons (Fsp3) is 0.429. The van der Waals surface area contributed by atoms with Crippen molar-refractivity contribution in [2.45, 2.75) is 13.0 Å². The molecule has 0 bridgehead atoms. The van der Waals surface area contributed by atoms with Gasteiger partial charge in [0.05, 0.1) is 18.7 Å². The number of carbonyl (C=O) groups excluding carboxylic acids is 2. The van der Waals surface area contributed by atoms with Gasteiger partial charge in [0.15, 0.2) is 6.10 Å². The zero-order valence-electron chi connectivity index (χ0n) is 11.5. The van der Waals surface area contributed by atoms with Gasteiger partial charge in [0.2, 0.25) is 0 Å². The first kappa shape index (κ1) is 14.5. The number of morpholine rings is 1. The maximum Gasteiger partial charge on any atom is 0.257 e. The molecule has 5 nitrogen and oxygen atoms in total. The normalized spacial score (nSPS) is 18.8. The standard InChI is InChI=1S/C14H17FN2O3/c1-9-3-4-11(15)10(7-9)14(19)17-5-6-20-12(8-17)13(18)16-2/h3-4,7,12H,5-6,8H2,1-2H3,(H,16,18). The van der Waals surface area contributed by atoms with E-state index < -0.39 is 17.8 Å². The molecule has 1 unspecified atom stereocenters. The van der Waals surface area contributed by atoms with Crippen molar-refractivity contribution < 1.29 is 18.7 Å². The zero-order valence-corrected chi connectivity index (χ0v) is 11.5. The molecule has 108 valence electrons. The summed E-state index contributed by atoms with van der Waals surface area (Å²) >= 11 is 0. The highest BCUT2D eigenvalue weighted by Crippen LogP contribution is 2.15. The fourth-order valence-electron chi connectivity index (χ4n) is 2.13. The molecule has 0 saturated carbocycles. The van der Waals surface area contributed by atoms with E-state index in [9.17, 15) is 14.0 Å².